The summed E-state index contributed by atoms with van der Waals surface area (Å²) in [4.78, 5) is 3.71. The Morgan fingerprint density at radius 3 is 2.24 bits per heavy atom. The normalized spacial score (nSPS) is 10.6. The van der Waals surface area contributed by atoms with Crippen molar-refractivity contribution in [1.82, 2.24) is 0 Å². The molecule has 0 saturated carbocycles. The van der Waals surface area contributed by atoms with Crippen molar-refractivity contribution in [3.63, 3.8) is 0 Å². The third-order valence-electron chi connectivity index (χ3n) is 4.00. The maximum Gasteiger partial charge on any atom is 0.119 e. The summed E-state index contributed by atoms with van der Waals surface area (Å²) in [7, 11) is 0. The van der Waals surface area contributed by atoms with Gasteiger partial charge in [0.25, 0.3) is 0 Å². The highest BCUT2D eigenvalue weighted by molar-refractivity contribution is 7.98. The second-order valence-corrected chi connectivity index (χ2v) is 7.42. The van der Waals surface area contributed by atoms with Crippen LogP contribution in [0.1, 0.15) is 18.1 Å². The maximum absolute atomic E-state index is 5.55. The van der Waals surface area contributed by atoms with Crippen LogP contribution in [0, 0.1) is 0 Å². The number of ether oxygens (including phenoxy) is 1. The van der Waals surface area contributed by atoms with E-state index in [1.807, 2.05) is 6.92 Å². The predicted molar refractivity (Wildman–Crippen MR) is 110 cm³/mol. The first-order valence-corrected chi connectivity index (χ1v) is 10.6. The molecule has 1 aromatic heterocycles. The zero-order chi connectivity index (χ0) is 17.5. The fraction of sp³-hybridized carbons (Fsp3) is 0.238. The molecule has 3 aromatic rings. The SMILES string of the molecule is CCOc1ccc(CN(Cc2ccsc2)c2ccc(SC)cc2)cc1. The van der Waals surface area contributed by atoms with Crippen LogP contribution in [0.5, 0.6) is 5.75 Å². The predicted octanol–water partition coefficient (Wildman–Crippen LogP) is 6.08. The largest absolute Gasteiger partial charge is 0.494 e. The lowest BCUT2D eigenvalue weighted by Gasteiger charge is -2.25. The van der Waals surface area contributed by atoms with Crippen molar-refractivity contribution in [2.24, 2.45) is 0 Å². The Bertz CT molecular complexity index is 752. The number of rotatable bonds is 8. The molecule has 0 bridgehead atoms. The van der Waals surface area contributed by atoms with Crippen LogP contribution in [0.3, 0.4) is 0 Å². The molecule has 0 atom stereocenters. The quantitative estimate of drug-likeness (QED) is 0.447. The van der Waals surface area contributed by atoms with Gasteiger partial charge >= 0.3 is 0 Å². The summed E-state index contributed by atoms with van der Waals surface area (Å²) in [6, 6.07) is 19.4. The summed E-state index contributed by atoms with van der Waals surface area (Å²) in [5.74, 6) is 0.931. The van der Waals surface area contributed by atoms with Gasteiger partial charge in [0.05, 0.1) is 6.61 Å². The van der Waals surface area contributed by atoms with Crippen molar-refractivity contribution in [3.8, 4) is 5.75 Å². The van der Waals surface area contributed by atoms with E-state index in [2.05, 4.69) is 76.5 Å². The Balaban J connectivity index is 1.79. The third kappa shape index (κ3) is 5.03. The Kier molecular flexibility index (Phi) is 6.42. The minimum absolute atomic E-state index is 0.700. The number of hydrogen-bond donors (Lipinski definition) is 0. The zero-order valence-corrected chi connectivity index (χ0v) is 16.3. The van der Waals surface area contributed by atoms with E-state index in [9.17, 15) is 0 Å². The summed E-state index contributed by atoms with van der Waals surface area (Å²) < 4.78 is 5.55. The van der Waals surface area contributed by atoms with E-state index in [1.165, 1.54) is 21.7 Å². The van der Waals surface area contributed by atoms with E-state index in [0.29, 0.717) is 6.61 Å². The maximum atomic E-state index is 5.55. The molecule has 0 aliphatic heterocycles. The van der Waals surface area contributed by atoms with Crippen LogP contribution in [0.2, 0.25) is 0 Å². The highest BCUT2D eigenvalue weighted by atomic mass is 32.2. The van der Waals surface area contributed by atoms with Gasteiger partial charge in [-0.25, -0.2) is 0 Å². The van der Waals surface area contributed by atoms with Gasteiger partial charge in [0.1, 0.15) is 5.75 Å². The molecule has 0 fully saturated rings. The van der Waals surface area contributed by atoms with Crippen molar-refractivity contribution in [2.45, 2.75) is 24.9 Å². The molecule has 0 saturated heterocycles. The van der Waals surface area contributed by atoms with Crippen LogP contribution < -0.4 is 9.64 Å². The van der Waals surface area contributed by atoms with Gasteiger partial charge in [0.2, 0.25) is 0 Å². The van der Waals surface area contributed by atoms with E-state index in [-0.39, 0.29) is 0 Å². The molecule has 0 unspecified atom stereocenters. The Morgan fingerprint density at radius 1 is 0.920 bits per heavy atom. The number of nitrogens with zero attached hydrogens (tertiary/aromatic N) is 1. The number of benzene rings is 2. The van der Waals surface area contributed by atoms with Gasteiger partial charge < -0.3 is 9.64 Å². The molecule has 130 valence electrons. The van der Waals surface area contributed by atoms with Crippen LogP contribution in [0.15, 0.2) is 70.3 Å². The Hall–Kier alpha value is -1.91. The second-order valence-electron chi connectivity index (χ2n) is 5.76. The molecule has 3 rings (SSSR count). The van der Waals surface area contributed by atoms with E-state index in [0.717, 1.165) is 18.8 Å². The lowest BCUT2D eigenvalue weighted by Crippen LogP contribution is -2.21. The van der Waals surface area contributed by atoms with E-state index in [4.69, 9.17) is 4.74 Å². The molecule has 0 aliphatic carbocycles. The first kappa shape index (κ1) is 17.9. The van der Waals surface area contributed by atoms with Gasteiger partial charge in [-0.1, -0.05) is 12.1 Å². The summed E-state index contributed by atoms with van der Waals surface area (Å²) in [5, 5.41) is 4.36. The van der Waals surface area contributed by atoms with Crippen LogP contribution in [0.25, 0.3) is 0 Å². The molecule has 0 N–H and O–H groups in total. The van der Waals surface area contributed by atoms with Crippen molar-refractivity contribution in [3.05, 3.63) is 76.5 Å². The second kappa shape index (κ2) is 8.97. The minimum Gasteiger partial charge on any atom is -0.494 e. The van der Waals surface area contributed by atoms with Crippen molar-refractivity contribution >= 4 is 28.8 Å². The van der Waals surface area contributed by atoms with Crippen LogP contribution in [-0.2, 0) is 13.1 Å². The van der Waals surface area contributed by atoms with Crippen molar-refractivity contribution in [1.29, 1.82) is 0 Å². The fourth-order valence-electron chi connectivity index (χ4n) is 2.71. The van der Waals surface area contributed by atoms with E-state index in [1.54, 1.807) is 23.1 Å². The smallest absolute Gasteiger partial charge is 0.119 e. The molecule has 25 heavy (non-hydrogen) atoms. The number of hydrogen-bond acceptors (Lipinski definition) is 4. The topological polar surface area (TPSA) is 12.5 Å². The van der Waals surface area contributed by atoms with Crippen molar-refractivity contribution < 1.29 is 4.74 Å². The number of thiophene rings is 1. The summed E-state index contributed by atoms with van der Waals surface area (Å²) in [6.45, 7) is 4.50. The molecule has 0 amide bonds. The molecule has 2 aromatic carbocycles. The molecule has 4 heteroatoms. The number of anilines is 1. The van der Waals surface area contributed by atoms with Gasteiger partial charge in [-0.15, -0.1) is 11.8 Å². The van der Waals surface area contributed by atoms with Gasteiger partial charge in [0.15, 0.2) is 0 Å². The van der Waals surface area contributed by atoms with Crippen LogP contribution in [0.4, 0.5) is 5.69 Å². The van der Waals surface area contributed by atoms with Gasteiger partial charge in [-0.05, 0) is 77.5 Å². The molecule has 2 nitrogen and oxygen atoms in total. The third-order valence-corrected chi connectivity index (χ3v) is 5.47. The number of thioether (sulfide) groups is 1. The zero-order valence-electron chi connectivity index (χ0n) is 14.6. The summed E-state index contributed by atoms with van der Waals surface area (Å²) >= 11 is 3.52. The van der Waals surface area contributed by atoms with Crippen LogP contribution in [-0.4, -0.2) is 12.9 Å². The lowest BCUT2D eigenvalue weighted by molar-refractivity contribution is 0.340. The lowest BCUT2D eigenvalue weighted by atomic mass is 10.1. The monoisotopic (exact) mass is 369 g/mol. The molecular weight excluding hydrogens is 346 g/mol. The molecule has 0 radical (unpaired) electrons. The average Bonchev–Trinajstić information content (AvgIpc) is 3.16. The van der Waals surface area contributed by atoms with Crippen LogP contribution >= 0.6 is 23.1 Å². The average molecular weight is 370 g/mol. The highest BCUT2D eigenvalue weighted by Gasteiger charge is 2.09. The minimum atomic E-state index is 0.700. The Labute approximate surface area is 158 Å². The first-order valence-electron chi connectivity index (χ1n) is 8.40. The summed E-state index contributed by atoms with van der Waals surface area (Å²) in [5.41, 5.74) is 3.88. The van der Waals surface area contributed by atoms with Gasteiger partial charge in [0, 0.05) is 23.7 Å². The van der Waals surface area contributed by atoms with Gasteiger partial charge in [-0.2, -0.15) is 11.3 Å². The summed E-state index contributed by atoms with van der Waals surface area (Å²) in [6.07, 6.45) is 2.11. The standard InChI is InChI=1S/C21H23NOS2/c1-3-23-20-8-4-17(5-9-20)14-22(15-18-12-13-25-16-18)19-6-10-21(24-2)11-7-19/h4-13,16H,3,14-15H2,1-2H3. The van der Waals surface area contributed by atoms with E-state index < -0.39 is 0 Å². The fourth-order valence-corrected chi connectivity index (χ4v) is 3.78. The first-order chi connectivity index (χ1) is 12.3. The molecule has 0 spiro atoms. The highest BCUT2D eigenvalue weighted by Crippen LogP contribution is 2.25. The molecule has 0 aliphatic rings. The van der Waals surface area contributed by atoms with E-state index >= 15 is 0 Å². The molecular formula is C21H23NOS2. The van der Waals surface area contributed by atoms with Gasteiger partial charge in [-0.3, -0.25) is 0 Å². The molecule has 1 heterocycles. The Morgan fingerprint density at radius 2 is 1.64 bits per heavy atom. The van der Waals surface area contributed by atoms with Crippen molar-refractivity contribution in [2.75, 3.05) is 17.8 Å².